The molecule has 1 unspecified atom stereocenters. The van der Waals surface area contributed by atoms with E-state index in [1.807, 2.05) is 0 Å². The Bertz CT molecular complexity index is 1530. The monoisotopic (exact) mass is 630 g/mol. The van der Waals surface area contributed by atoms with Crippen LogP contribution in [0.15, 0.2) is 30.5 Å². The molecule has 1 amide bonds. The van der Waals surface area contributed by atoms with Crippen LogP contribution in [0.5, 0.6) is 5.75 Å². The van der Waals surface area contributed by atoms with Crippen LogP contribution in [-0.2, 0) is 23.9 Å². The molecule has 2 heterocycles. The summed E-state index contributed by atoms with van der Waals surface area (Å²) >= 11 is 5.82. The number of nitrogens with one attached hydrogen (secondary N) is 1. The normalized spacial score (nSPS) is 15.3. The first-order valence-corrected chi connectivity index (χ1v) is 13.6. The molecule has 1 aliphatic rings. The molecule has 0 aliphatic carbocycles. The van der Waals surface area contributed by atoms with E-state index >= 15 is 0 Å². The summed E-state index contributed by atoms with van der Waals surface area (Å²) in [5, 5.41) is 25.3. The van der Waals surface area contributed by atoms with Crippen molar-refractivity contribution in [1.82, 2.24) is 9.78 Å². The number of nitrogens with zero attached hydrogens (tertiary/aromatic N) is 3. The number of carbonyl (C=O) groups is 2. The van der Waals surface area contributed by atoms with E-state index in [9.17, 15) is 41.8 Å². The quantitative estimate of drug-likeness (QED) is 0.200. The van der Waals surface area contributed by atoms with E-state index in [1.54, 1.807) is 13.8 Å². The van der Waals surface area contributed by atoms with Crippen molar-refractivity contribution in [3.05, 3.63) is 69.5 Å². The van der Waals surface area contributed by atoms with Gasteiger partial charge in [-0.15, -0.1) is 0 Å². The number of carbonyl (C=O) groups excluding carboxylic acids is 1. The second-order valence-corrected chi connectivity index (χ2v) is 10.7. The number of alkyl halides is 3. The number of aliphatic hydroxyl groups is 1. The minimum absolute atomic E-state index is 0.00218. The van der Waals surface area contributed by atoms with Gasteiger partial charge in [-0.25, -0.2) is 8.78 Å². The van der Waals surface area contributed by atoms with Gasteiger partial charge in [0.05, 0.1) is 47.8 Å². The number of amides is 1. The van der Waals surface area contributed by atoms with Crippen molar-refractivity contribution < 1.29 is 46.5 Å². The average molecular weight is 631 g/mol. The fourth-order valence-electron chi connectivity index (χ4n) is 4.96. The number of carboxylic acids is 1. The zero-order chi connectivity index (χ0) is 31.6. The molecule has 1 fully saturated rings. The number of aromatic nitrogens is 2. The summed E-state index contributed by atoms with van der Waals surface area (Å²) in [4.78, 5) is 26.4. The second kappa shape index (κ2) is 12.8. The zero-order valence-electron chi connectivity index (χ0n) is 23.0. The molecular weight excluding hydrogens is 603 g/mol. The zero-order valence-corrected chi connectivity index (χ0v) is 23.8. The van der Waals surface area contributed by atoms with E-state index in [0.29, 0.717) is 18.2 Å². The summed E-state index contributed by atoms with van der Waals surface area (Å²) in [6, 6.07) is 3.29. The number of hydrogen-bond donors (Lipinski definition) is 3. The Kier molecular flexibility index (Phi) is 9.50. The van der Waals surface area contributed by atoms with E-state index in [0.717, 1.165) is 18.2 Å². The van der Waals surface area contributed by atoms with Crippen LogP contribution < -0.4 is 15.0 Å². The molecule has 1 atom stereocenters. The molecule has 9 nitrogen and oxygen atoms in total. The Morgan fingerprint density at radius 2 is 1.93 bits per heavy atom. The van der Waals surface area contributed by atoms with Crippen molar-refractivity contribution in [3.8, 4) is 5.75 Å². The molecule has 1 aromatic heterocycles. The number of rotatable bonds is 10. The molecule has 0 spiro atoms. The summed E-state index contributed by atoms with van der Waals surface area (Å²) in [5.74, 6) is -4.68. The lowest BCUT2D eigenvalue weighted by molar-refractivity contribution is -0.137. The van der Waals surface area contributed by atoms with Gasteiger partial charge in [-0.05, 0) is 30.0 Å². The Morgan fingerprint density at radius 3 is 2.53 bits per heavy atom. The lowest BCUT2D eigenvalue weighted by atomic mass is 10.0. The number of aliphatic carboxylic acids is 1. The third kappa shape index (κ3) is 7.36. The number of β-amino-alcohol motifs (C(OH)–C–C–N with tert-alkyl or cyclic N) is 1. The highest BCUT2D eigenvalue weighted by atomic mass is 35.5. The van der Waals surface area contributed by atoms with Gasteiger partial charge in [0.1, 0.15) is 29.0 Å². The van der Waals surface area contributed by atoms with Crippen LogP contribution in [0.3, 0.4) is 0 Å². The van der Waals surface area contributed by atoms with Gasteiger partial charge < -0.3 is 25.2 Å². The smallest absolute Gasteiger partial charge is 0.418 e. The highest BCUT2D eigenvalue weighted by molar-refractivity contribution is 6.32. The van der Waals surface area contributed by atoms with Crippen molar-refractivity contribution >= 4 is 34.9 Å². The van der Waals surface area contributed by atoms with Crippen LogP contribution in [0.4, 0.5) is 33.3 Å². The molecule has 3 aromatic rings. The van der Waals surface area contributed by atoms with Crippen molar-refractivity contribution in [2.24, 2.45) is 0 Å². The van der Waals surface area contributed by atoms with Crippen molar-refractivity contribution in [3.63, 3.8) is 0 Å². The molecule has 232 valence electrons. The number of aliphatic hydroxyl groups excluding tert-OH is 1. The highest BCUT2D eigenvalue weighted by Gasteiger charge is 2.37. The highest BCUT2D eigenvalue weighted by Crippen LogP contribution is 2.40. The van der Waals surface area contributed by atoms with Crippen LogP contribution in [0.2, 0.25) is 5.02 Å². The molecule has 0 saturated carbocycles. The standard InChI is InChI=1S/C28H28ClF5N4O5/c1-14(2)26-18(12-35-38(26)5-6-43-23-10-16(30)9-20(31)25(23)29)27(42)36-21-7-15(8-24(40)41)22(11-19(21)28(32,33)34)37-4-3-17(39)13-37/h7,9-12,14,17,39H,3-6,8,13H2,1-2H3,(H,36,42)(H,40,41). The molecule has 1 saturated heterocycles. The largest absolute Gasteiger partial charge is 0.490 e. The van der Waals surface area contributed by atoms with Gasteiger partial charge in [0, 0.05) is 30.9 Å². The third-order valence-corrected chi connectivity index (χ3v) is 7.18. The maximum Gasteiger partial charge on any atom is 0.418 e. The molecule has 2 aromatic carbocycles. The Labute approximate surface area is 247 Å². The molecule has 0 bridgehead atoms. The van der Waals surface area contributed by atoms with Gasteiger partial charge in [-0.2, -0.15) is 18.3 Å². The number of benzene rings is 2. The van der Waals surface area contributed by atoms with Gasteiger partial charge in [0.2, 0.25) is 0 Å². The topological polar surface area (TPSA) is 117 Å². The van der Waals surface area contributed by atoms with Crippen molar-refractivity contribution in [1.29, 1.82) is 0 Å². The molecule has 43 heavy (non-hydrogen) atoms. The summed E-state index contributed by atoms with van der Waals surface area (Å²) < 4.78 is 76.6. The van der Waals surface area contributed by atoms with E-state index in [-0.39, 0.29) is 54.7 Å². The maximum atomic E-state index is 14.2. The van der Waals surface area contributed by atoms with Crippen LogP contribution in [-0.4, -0.2) is 57.7 Å². The van der Waals surface area contributed by atoms with E-state index in [4.69, 9.17) is 16.3 Å². The number of anilines is 2. The fraction of sp³-hybridized carbons (Fsp3) is 0.393. The Balaban J connectivity index is 1.62. The van der Waals surface area contributed by atoms with Crippen LogP contribution in [0.25, 0.3) is 0 Å². The average Bonchev–Trinajstić information content (AvgIpc) is 3.52. The minimum atomic E-state index is -4.91. The van der Waals surface area contributed by atoms with Crippen LogP contribution in [0.1, 0.15) is 53.4 Å². The SMILES string of the molecule is CC(C)c1c(C(=O)Nc2cc(CC(=O)O)c(N3CCC(O)C3)cc2C(F)(F)F)cnn1CCOc1cc(F)cc(F)c1Cl. The predicted octanol–water partition coefficient (Wildman–Crippen LogP) is 5.49. The van der Waals surface area contributed by atoms with E-state index in [1.165, 1.54) is 15.8 Å². The molecule has 0 radical (unpaired) electrons. The lowest BCUT2D eigenvalue weighted by Gasteiger charge is -2.25. The molecule has 4 rings (SSSR count). The van der Waals surface area contributed by atoms with Gasteiger partial charge >= 0.3 is 12.1 Å². The first-order valence-electron chi connectivity index (χ1n) is 13.2. The summed E-state index contributed by atoms with van der Waals surface area (Å²) in [6.07, 6.45) is -4.81. The number of ether oxygens (including phenoxy) is 1. The fourth-order valence-corrected chi connectivity index (χ4v) is 5.12. The number of hydrogen-bond acceptors (Lipinski definition) is 6. The minimum Gasteiger partial charge on any atom is -0.490 e. The third-order valence-electron chi connectivity index (χ3n) is 6.81. The Morgan fingerprint density at radius 1 is 1.21 bits per heavy atom. The van der Waals surface area contributed by atoms with Gasteiger partial charge in [0.25, 0.3) is 5.91 Å². The van der Waals surface area contributed by atoms with Crippen LogP contribution in [0, 0.1) is 11.6 Å². The molecular formula is C28H28ClF5N4O5. The molecule has 3 N–H and O–H groups in total. The van der Waals surface area contributed by atoms with Gasteiger partial charge in [-0.1, -0.05) is 25.4 Å². The van der Waals surface area contributed by atoms with E-state index in [2.05, 4.69) is 10.4 Å². The number of carboxylic acid groups (broad SMARTS) is 1. The van der Waals surface area contributed by atoms with Crippen molar-refractivity contribution in [2.45, 2.75) is 51.4 Å². The van der Waals surface area contributed by atoms with Crippen LogP contribution >= 0.6 is 11.6 Å². The summed E-state index contributed by atoms with van der Waals surface area (Å²) in [5.41, 5.74) is -1.46. The van der Waals surface area contributed by atoms with Gasteiger partial charge in [0.15, 0.2) is 0 Å². The first kappa shape index (κ1) is 32.0. The summed E-state index contributed by atoms with van der Waals surface area (Å²) in [7, 11) is 0. The second-order valence-electron chi connectivity index (χ2n) is 10.3. The maximum absolute atomic E-state index is 14.2. The van der Waals surface area contributed by atoms with Gasteiger partial charge in [-0.3, -0.25) is 14.3 Å². The predicted molar refractivity (Wildman–Crippen MR) is 147 cm³/mol. The summed E-state index contributed by atoms with van der Waals surface area (Å²) in [6.45, 7) is 3.58. The van der Waals surface area contributed by atoms with E-state index < -0.39 is 58.5 Å². The molecule has 15 heteroatoms. The lowest BCUT2D eigenvalue weighted by Crippen LogP contribution is -2.25. The molecule has 1 aliphatic heterocycles. The Hall–Kier alpha value is -3.91. The van der Waals surface area contributed by atoms with Crippen molar-refractivity contribution in [2.75, 3.05) is 29.9 Å². The number of halogens is 6. The first-order chi connectivity index (χ1) is 20.1.